The minimum absolute atomic E-state index is 0.246. The van der Waals surface area contributed by atoms with Crippen molar-refractivity contribution in [1.29, 1.82) is 0 Å². The van der Waals surface area contributed by atoms with Crippen LogP contribution in [0.1, 0.15) is 37.3 Å². The zero-order chi connectivity index (χ0) is 22.4. The Bertz CT molecular complexity index is 969. The predicted octanol–water partition coefficient (Wildman–Crippen LogP) is 4.11. The van der Waals surface area contributed by atoms with Gasteiger partial charge in [-0.2, -0.15) is 0 Å². The third kappa shape index (κ3) is 4.74. The number of carbonyl (C=O) groups excluding carboxylic acids is 2. The molecular weight excluding hydrogens is 392 g/mol. The second-order valence-corrected chi connectivity index (χ2v) is 7.60. The number of nitrogens with zero attached hydrogens (tertiary/aromatic N) is 2. The Morgan fingerprint density at radius 2 is 1.61 bits per heavy atom. The second kappa shape index (κ2) is 10.2. The Kier molecular flexibility index (Phi) is 7.34. The number of benzene rings is 2. The summed E-state index contributed by atoms with van der Waals surface area (Å²) in [6.07, 6.45) is 2.79. The van der Waals surface area contributed by atoms with E-state index in [2.05, 4.69) is 6.92 Å². The first kappa shape index (κ1) is 22.4. The molecule has 1 heterocycles. The summed E-state index contributed by atoms with van der Waals surface area (Å²) in [5, 5.41) is 0. The van der Waals surface area contributed by atoms with Crippen LogP contribution < -0.4 is 9.47 Å². The maximum atomic E-state index is 13.4. The van der Waals surface area contributed by atoms with Crippen LogP contribution >= 0.6 is 0 Å². The number of hydrogen-bond acceptors (Lipinski definition) is 5. The maximum absolute atomic E-state index is 13.4. The number of unbranched alkanes of at least 4 members (excludes halogenated alkanes) is 2. The van der Waals surface area contributed by atoms with Crippen LogP contribution in [0.3, 0.4) is 0 Å². The minimum Gasteiger partial charge on any atom is -0.493 e. The Hall–Kier alpha value is -3.28. The van der Waals surface area contributed by atoms with E-state index in [0.29, 0.717) is 41.4 Å². The van der Waals surface area contributed by atoms with Gasteiger partial charge in [0.25, 0.3) is 11.8 Å². The van der Waals surface area contributed by atoms with Crippen molar-refractivity contribution in [3.05, 3.63) is 65.4 Å². The Labute approximate surface area is 184 Å². The van der Waals surface area contributed by atoms with Crippen LogP contribution in [0.2, 0.25) is 0 Å². The van der Waals surface area contributed by atoms with Gasteiger partial charge in [-0.15, -0.1) is 0 Å². The quantitative estimate of drug-likeness (QED) is 0.426. The fourth-order valence-electron chi connectivity index (χ4n) is 3.83. The van der Waals surface area contributed by atoms with E-state index in [9.17, 15) is 9.59 Å². The van der Waals surface area contributed by atoms with E-state index in [0.717, 1.165) is 24.8 Å². The smallest absolute Gasteiger partial charge is 0.277 e. The van der Waals surface area contributed by atoms with Crippen LogP contribution in [0.15, 0.2) is 54.2 Å². The highest BCUT2D eigenvalue weighted by molar-refractivity contribution is 6.35. The van der Waals surface area contributed by atoms with E-state index >= 15 is 0 Å². The predicted molar refractivity (Wildman–Crippen MR) is 121 cm³/mol. The molecule has 2 aromatic rings. The number of hydrogen-bond donors (Lipinski definition) is 0. The van der Waals surface area contributed by atoms with Gasteiger partial charge >= 0.3 is 0 Å². The first-order chi connectivity index (χ1) is 15.0. The summed E-state index contributed by atoms with van der Waals surface area (Å²) in [6, 6.07) is 15.2. The lowest BCUT2D eigenvalue weighted by Gasteiger charge is -2.21. The van der Waals surface area contributed by atoms with E-state index in [4.69, 9.17) is 9.47 Å². The third-order valence-electron chi connectivity index (χ3n) is 5.45. The Morgan fingerprint density at radius 1 is 0.903 bits per heavy atom. The van der Waals surface area contributed by atoms with Gasteiger partial charge in [0.15, 0.2) is 11.5 Å². The molecule has 0 radical (unpaired) electrons. The largest absolute Gasteiger partial charge is 0.493 e. The molecule has 6 heteroatoms. The van der Waals surface area contributed by atoms with Crippen molar-refractivity contribution in [2.75, 3.05) is 27.8 Å². The monoisotopic (exact) mass is 422 g/mol. The summed E-state index contributed by atoms with van der Waals surface area (Å²) in [6.45, 7) is 3.04. The molecule has 0 N–H and O–H groups in total. The molecule has 0 spiro atoms. The molecule has 3 rings (SSSR count). The van der Waals surface area contributed by atoms with Crippen LogP contribution in [0.5, 0.6) is 11.5 Å². The SMILES string of the molecule is CCCCCN1C(=O)C(c2ccc(OC)c(OC)c2)=C(N(C)Cc2ccccc2)C1=O. The van der Waals surface area contributed by atoms with Gasteiger partial charge in [0.2, 0.25) is 0 Å². The van der Waals surface area contributed by atoms with Crippen LogP contribution in [0.4, 0.5) is 0 Å². The van der Waals surface area contributed by atoms with Crippen LogP contribution in [0, 0.1) is 0 Å². The molecule has 0 aromatic heterocycles. The van der Waals surface area contributed by atoms with Gasteiger partial charge in [-0.25, -0.2) is 0 Å². The number of likely N-dealkylation sites (N-methyl/N-ethyl adjacent to an activating group) is 1. The van der Waals surface area contributed by atoms with Gasteiger partial charge in [-0.05, 0) is 29.7 Å². The van der Waals surface area contributed by atoms with Crippen molar-refractivity contribution in [1.82, 2.24) is 9.80 Å². The molecule has 0 atom stereocenters. The van der Waals surface area contributed by atoms with E-state index < -0.39 is 0 Å². The fourth-order valence-corrected chi connectivity index (χ4v) is 3.83. The molecule has 0 saturated carbocycles. The molecular formula is C25H30N2O4. The number of methoxy groups -OCH3 is 2. The van der Waals surface area contributed by atoms with Crippen molar-refractivity contribution in [3.8, 4) is 11.5 Å². The van der Waals surface area contributed by atoms with Gasteiger partial charge in [-0.3, -0.25) is 14.5 Å². The summed E-state index contributed by atoms with van der Waals surface area (Å²) in [7, 11) is 4.97. The standard InChI is InChI=1S/C25H30N2O4/c1-5-6-10-15-27-24(28)22(19-13-14-20(30-3)21(16-19)31-4)23(25(27)29)26(2)17-18-11-8-7-9-12-18/h7-9,11-14,16H,5-6,10,15,17H2,1-4H3. The minimum atomic E-state index is -0.261. The lowest BCUT2D eigenvalue weighted by Crippen LogP contribution is -2.34. The number of ether oxygens (including phenoxy) is 2. The number of amides is 2. The zero-order valence-corrected chi connectivity index (χ0v) is 18.7. The maximum Gasteiger partial charge on any atom is 0.277 e. The highest BCUT2D eigenvalue weighted by Gasteiger charge is 2.40. The summed E-state index contributed by atoms with van der Waals surface area (Å²) in [4.78, 5) is 30.0. The Morgan fingerprint density at radius 3 is 2.26 bits per heavy atom. The number of imide groups is 1. The van der Waals surface area contributed by atoms with Gasteiger partial charge in [0.05, 0.1) is 19.8 Å². The molecule has 1 aliphatic rings. The average molecular weight is 423 g/mol. The molecule has 1 aliphatic heterocycles. The lowest BCUT2D eigenvalue weighted by atomic mass is 10.0. The van der Waals surface area contributed by atoms with E-state index in [1.54, 1.807) is 32.4 Å². The fraction of sp³-hybridized carbons (Fsp3) is 0.360. The molecule has 164 valence electrons. The molecule has 2 amide bonds. The zero-order valence-electron chi connectivity index (χ0n) is 18.7. The van der Waals surface area contributed by atoms with Crippen molar-refractivity contribution in [2.24, 2.45) is 0 Å². The summed E-state index contributed by atoms with van der Waals surface area (Å²) < 4.78 is 10.8. The van der Waals surface area contributed by atoms with Crippen molar-refractivity contribution in [2.45, 2.75) is 32.7 Å². The van der Waals surface area contributed by atoms with Crippen molar-refractivity contribution >= 4 is 17.4 Å². The van der Waals surface area contributed by atoms with E-state index in [1.807, 2.05) is 42.3 Å². The first-order valence-electron chi connectivity index (χ1n) is 10.6. The topological polar surface area (TPSA) is 59.1 Å². The second-order valence-electron chi connectivity index (χ2n) is 7.60. The van der Waals surface area contributed by atoms with Crippen LogP contribution in [-0.2, 0) is 16.1 Å². The number of carbonyl (C=O) groups is 2. The summed E-state index contributed by atoms with van der Waals surface area (Å²) >= 11 is 0. The Balaban J connectivity index is 2.03. The molecule has 0 saturated heterocycles. The summed E-state index contributed by atoms with van der Waals surface area (Å²) in [5.74, 6) is 0.581. The highest BCUT2D eigenvalue weighted by Crippen LogP contribution is 2.36. The molecule has 0 unspecified atom stereocenters. The normalized spacial score (nSPS) is 13.7. The molecule has 0 bridgehead atoms. The van der Waals surface area contributed by atoms with Crippen molar-refractivity contribution in [3.63, 3.8) is 0 Å². The lowest BCUT2D eigenvalue weighted by molar-refractivity contribution is -0.137. The average Bonchev–Trinajstić information content (AvgIpc) is 3.04. The summed E-state index contributed by atoms with van der Waals surface area (Å²) in [5.41, 5.74) is 2.52. The molecule has 31 heavy (non-hydrogen) atoms. The van der Waals surface area contributed by atoms with Gasteiger partial charge in [0.1, 0.15) is 5.70 Å². The molecule has 6 nitrogen and oxygen atoms in total. The van der Waals surface area contributed by atoms with Gasteiger partial charge < -0.3 is 14.4 Å². The number of rotatable bonds is 10. The van der Waals surface area contributed by atoms with Gasteiger partial charge in [0, 0.05) is 20.1 Å². The molecule has 0 aliphatic carbocycles. The van der Waals surface area contributed by atoms with Crippen LogP contribution in [0.25, 0.3) is 5.57 Å². The van der Waals surface area contributed by atoms with E-state index in [-0.39, 0.29) is 11.8 Å². The van der Waals surface area contributed by atoms with E-state index in [1.165, 1.54) is 4.90 Å². The molecule has 2 aromatic carbocycles. The highest BCUT2D eigenvalue weighted by atomic mass is 16.5. The third-order valence-corrected chi connectivity index (χ3v) is 5.45. The first-order valence-corrected chi connectivity index (χ1v) is 10.6. The van der Waals surface area contributed by atoms with Crippen LogP contribution in [-0.4, -0.2) is 49.4 Å². The van der Waals surface area contributed by atoms with Crippen molar-refractivity contribution < 1.29 is 19.1 Å². The molecule has 0 fully saturated rings. The van der Waals surface area contributed by atoms with Gasteiger partial charge in [-0.1, -0.05) is 56.2 Å².